The Hall–Kier alpha value is -2.52. The van der Waals surface area contributed by atoms with Crippen LogP contribution in [0.4, 0.5) is 10.1 Å². The molecule has 0 fully saturated rings. The molecule has 0 saturated heterocycles. The minimum absolute atomic E-state index is 0.0919. The van der Waals surface area contributed by atoms with Crippen molar-refractivity contribution in [3.05, 3.63) is 64.2 Å². The molecule has 1 aromatic carbocycles. The maximum absolute atomic E-state index is 13.1. The third-order valence-electron chi connectivity index (χ3n) is 3.21. The Kier molecular flexibility index (Phi) is 4.20. The second-order valence-electron chi connectivity index (χ2n) is 4.99. The molecule has 2 aromatic heterocycles. The van der Waals surface area contributed by atoms with Gasteiger partial charge in [0.1, 0.15) is 15.7 Å². The maximum atomic E-state index is 13.1. The highest BCUT2D eigenvalue weighted by atomic mass is 32.2. The number of hydrogen-bond acceptors (Lipinski definition) is 5. The van der Waals surface area contributed by atoms with E-state index in [4.69, 9.17) is 0 Å². The Morgan fingerprint density at radius 1 is 1.17 bits per heavy atom. The monoisotopic (exact) mass is 365 g/mol. The van der Waals surface area contributed by atoms with Crippen LogP contribution in [0.3, 0.4) is 0 Å². The third-order valence-corrected chi connectivity index (χ3v) is 6.18. The average molecular weight is 365 g/mol. The molecule has 9 heteroatoms. The molecule has 0 amide bonds. The molecule has 0 unspecified atom stereocenters. The fourth-order valence-electron chi connectivity index (χ4n) is 2.02. The number of aryl methyl sites for hydroxylation is 1. The zero-order valence-electron chi connectivity index (χ0n) is 12.4. The Bertz CT molecular complexity index is 1040. The predicted molar refractivity (Wildman–Crippen MR) is 90.1 cm³/mol. The molecule has 6 nitrogen and oxygen atoms in total. The van der Waals surface area contributed by atoms with Crippen molar-refractivity contribution < 1.29 is 12.8 Å². The van der Waals surface area contributed by atoms with Crippen LogP contribution in [-0.2, 0) is 10.0 Å². The molecular formula is C15H12FN3O3S2. The number of sulfonamides is 1. The lowest BCUT2D eigenvalue weighted by atomic mass is 10.2. The van der Waals surface area contributed by atoms with E-state index in [-0.39, 0.29) is 9.77 Å². The summed E-state index contributed by atoms with van der Waals surface area (Å²) in [6, 6.07) is 9.71. The normalized spacial score (nSPS) is 11.4. The van der Waals surface area contributed by atoms with Crippen LogP contribution < -0.4 is 10.3 Å². The summed E-state index contributed by atoms with van der Waals surface area (Å²) in [4.78, 5) is 11.6. The number of aromatic amines is 1. The van der Waals surface area contributed by atoms with Crippen molar-refractivity contribution in [3.8, 4) is 10.6 Å². The summed E-state index contributed by atoms with van der Waals surface area (Å²) in [5.74, 6) is -0.432. The highest BCUT2D eigenvalue weighted by Gasteiger charge is 2.19. The van der Waals surface area contributed by atoms with E-state index in [1.54, 1.807) is 13.0 Å². The van der Waals surface area contributed by atoms with Gasteiger partial charge in [0, 0.05) is 6.07 Å². The molecule has 0 saturated carbocycles. The fraction of sp³-hybridized carbons (Fsp3) is 0.0667. The van der Waals surface area contributed by atoms with Crippen molar-refractivity contribution in [3.63, 3.8) is 0 Å². The molecule has 0 atom stereocenters. The summed E-state index contributed by atoms with van der Waals surface area (Å²) in [7, 11) is -3.80. The first-order chi connectivity index (χ1) is 11.3. The molecule has 0 aliphatic rings. The Labute approximate surface area is 141 Å². The Morgan fingerprint density at radius 3 is 2.62 bits per heavy atom. The van der Waals surface area contributed by atoms with Gasteiger partial charge in [-0.25, -0.2) is 17.9 Å². The standard InChI is InChI=1S/C15H12FN3O3S2/c1-9-8-10(16)2-3-11(9)19-24(21,22)15-7-5-13(23-15)12-4-6-14(20)18-17-12/h2-8,19H,1H3,(H,18,20). The minimum atomic E-state index is -3.80. The number of rotatable bonds is 4. The van der Waals surface area contributed by atoms with E-state index in [0.717, 1.165) is 11.3 Å². The van der Waals surface area contributed by atoms with Crippen molar-refractivity contribution >= 4 is 27.0 Å². The summed E-state index contributed by atoms with van der Waals surface area (Å²) in [6.45, 7) is 1.62. The lowest BCUT2D eigenvalue weighted by Crippen LogP contribution is -2.12. The van der Waals surface area contributed by atoms with Crippen LogP contribution in [0.5, 0.6) is 0 Å². The van der Waals surface area contributed by atoms with Crippen molar-refractivity contribution in [2.24, 2.45) is 0 Å². The molecule has 24 heavy (non-hydrogen) atoms. The van der Waals surface area contributed by atoms with Crippen LogP contribution >= 0.6 is 11.3 Å². The van der Waals surface area contributed by atoms with Crippen LogP contribution in [0.1, 0.15) is 5.56 Å². The number of nitrogens with one attached hydrogen (secondary N) is 2. The van der Waals surface area contributed by atoms with Gasteiger partial charge < -0.3 is 0 Å². The van der Waals surface area contributed by atoms with Gasteiger partial charge in [0.2, 0.25) is 0 Å². The zero-order valence-corrected chi connectivity index (χ0v) is 14.0. The Balaban J connectivity index is 1.90. The van der Waals surface area contributed by atoms with Gasteiger partial charge in [0.05, 0.1) is 10.6 Å². The summed E-state index contributed by atoms with van der Waals surface area (Å²) in [6.07, 6.45) is 0. The molecule has 0 spiro atoms. The highest BCUT2D eigenvalue weighted by Crippen LogP contribution is 2.30. The highest BCUT2D eigenvalue weighted by molar-refractivity contribution is 7.94. The van der Waals surface area contributed by atoms with Gasteiger partial charge >= 0.3 is 0 Å². The minimum Gasteiger partial charge on any atom is -0.279 e. The van der Waals surface area contributed by atoms with E-state index in [1.807, 2.05) is 0 Å². The van der Waals surface area contributed by atoms with Crippen LogP contribution in [0.15, 0.2) is 51.5 Å². The summed E-state index contributed by atoms with van der Waals surface area (Å²) in [5, 5.41) is 6.17. The topological polar surface area (TPSA) is 91.9 Å². The van der Waals surface area contributed by atoms with E-state index < -0.39 is 15.8 Å². The number of H-pyrrole nitrogens is 1. The van der Waals surface area contributed by atoms with Gasteiger partial charge in [-0.2, -0.15) is 5.10 Å². The number of thiophene rings is 1. The lowest BCUT2D eigenvalue weighted by molar-refractivity contribution is 0.602. The molecule has 0 radical (unpaired) electrons. The van der Waals surface area contributed by atoms with Gasteiger partial charge in [-0.15, -0.1) is 11.3 Å². The lowest BCUT2D eigenvalue weighted by Gasteiger charge is -2.09. The second kappa shape index (κ2) is 6.17. The number of nitrogens with zero attached hydrogens (tertiary/aromatic N) is 1. The maximum Gasteiger partial charge on any atom is 0.271 e. The zero-order chi connectivity index (χ0) is 17.3. The molecule has 2 heterocycles. The number of hydrogen-bond donors (Lipinski definition) is 2. The number of halogens is 1. The van der Waals surface area contributed by atoms with Crippen LogP contribution in [-0.4, -0.2) is 18.6 Å². The summed E-state index contributed by atoms with van der Waals surface area (Å²) < 4.78 is 40.6. The van der Waals surface area contributed by atoms with Gasteiger partial charge in [0.25, 0.3) is 15.6 Å². The first kappa shape index (κ1) is 16.3. The van der Waals surface area contributed by atoms with Crippen molar-refractivity contribution in [2.45, 2.75) is 11.1 Å². The van der Waals surface area contributed by atoms with Gasteiger partial charge in [0.15, 0.2) is 0 Å². The van der Waals surface area contributed by atoms with E-state index in [2.05, 4.69) is 14.9 Å². The van der Waals surface area contributed by atoms with Crippen LogP contribution in [0.2, 0.25) is 0 Å². The largest absolute Gasteiger partial charge is 0.279 e. The Morgan fingerprint density at radius 2 is 1.96 bits per heavy atom. The van der Waals surface area contributed by atoms with Crippen molar-refractivity contribution in [2.75, 3.05) is 4.72 Å². The quantitative estimate of drug-likeness (QED) is 0.744. The van der Waals surface area contributed by atoms with Gasteiger partial charge in [-0.3, -0.25) is 9.52 Å². The van der Waals surface area contributed by atoms with Gasteiger partial charge in [-0.05, 0) is 48.9 Å². The number of benzene rings is 1. The summed E-state index contributed by atoms with van der Waals surface area (Å²) >= 11 is 1.02. The number of aromatic nitrogens is 2. The average Bonchev–Trinajstić information content (AvgIpc) is 3.02. The van der Waals surface area contributed by atoms with Gasteiger partial charge in [-0.1, -0.05) is 0 Å². The predicted octanol–water partition coefficient (Wildman–Crippen LogP) is 2.75. The fourth-order valence-corrected chi connectivity index (χ4v) is 4.43. The van der Waals surface area contributed by atoms with Crippen molar-refractivity contribution in [1.82, 2.24) is 10.2 Å². The van der Waals surface area contributed by atoms with E-state index in [0.29, 0.717) is 21.8 Å². The first-order valence-corrected chi connectivity index (χ1v) is 9.10. The van der Waals surface area contributed by atoms with E-state index in [1.165, 1.54) is 36.4 Å². The SMILES string of the molecule is Cc1cc(F)ccc1NS(=O)(=O)c1ccc(-c2ccc(=O)[nH]n2)s1. The van der Waals surface area contributed by atoms with E-state index >= 15 is 0 Å². The molecule has 3 aromatic rings. The molecular weight excluding hydrogens is 353 g/mol. The third kappa shape index (κ3) is 3.36. The molecule has 124 valence electrons. The van der Waals surface area contributed by atoms with Crippen molar-refractivity contribution in [1.29, 1.82) is 0 Å². The molecule has 0 bridgehead atoms. The molecule has 0 aliphatic carbocycles. The van der Waals surface area contributed by atoms with Crippen LogP contribution in [0, 0.1) is 12.7 Å². The molecule has 3 rings (SSSR count). The van der Waals surface area contributed by atoms with Crippen LogP contribution in [0.25, 0.3) is 10.6 Å². The second-order valence-corrected chi connectivity index (χ2v) is 7.98. The molecule has 2 N–H and O–H groups in total. The smallest absolute Gasteiger partial charge is 0.271 e. The summed E-state index contributed by atoms with van der Waals surface area (Å²) in [5.41, 5.74) is 0.932. The van der Waals surface area contributed by atoms with E-state index in [9.17, 15) is 17.6 Å². The molecule has 0 aliphatic heterocycles. The number of anilines is 1. The first-order valence-electron chi connectivity index (χ1n) is 6.80.